The molecular formula is C27H21N3O3S2. The van der Waals surface area contributed by atoms with E-state index in [1.54, 1.807) is 24.3 Å². The molecule has 0 saturated carbocycles. The number of amides is 1. The van der Waals surface area contributed by atoms with Gasteiger partial charge < -0.3 is 0 Å². The lowest BCUT2D eigenvalue weighted by atomic mass is 10.0. The Morgan fingerprint density at radius 3 is 2.31 bits per heavy atom. The number of sulfonamides is 1. The number of thiazole rings is 1. The molecule has 0 saturated heterocycles. The molecule has 35 heavy (non-hydrogen) atoms. The van der Waals surface area contributed by atoms with Gasteiger partial charge in [0.15, 0.2) is 5.13 Å². The monoisotopic (exact) mass is 499 g/mol. The lowest BCUT2D eigenvalue weighted by Gasteiger charge is -2.19. The second-order valence-corrected chi connectivity index (χ2v) is 10.7. The van der Waals surface area contributed by atoms with Gasteiger partial charge in [0.1, 0.15) is 0 Å². The number of benzene rings is 4. The van der Waals surface area contributed by atoms with E-state index in [2.05, 4.69) is 22.4 Å². The second kappa shape index (κ2) is 9.32. The lowest BCUT2D eigenvalue weighted by molar-refractivity contribution is 0.102. The standard InChI is InChI=1S/C27H21N3O3S2/c1-30(21-10-3-2-4-11-21)35(32,33)22-16-14-20(15-17-22)26(31)29-27-28-25(18-34-27)24-13-7-9-19-8-5-6-12-23(19)24/h2-18H,1H3,(H,28,29,31). The van der Waals surface area contributed by atoms with E-state index < -0.39 is 10.0 Å². The van der Waals surface area contributed by atoms with Gasteiger partial charge in [0.05, 0.1) is 16.3 Å². The maximum absolute atomic E-state index is 13.0. The summed E-state index contributed by atoms with van der Waals surface area (Å²) in [4.78, 5) is 17.5. The van der Waals surface area contributed by atoms with Crippen molar-refractivity contribution in [3.8, 4) is 11.3 Å². The molecule has 1 aromatic heterocycles. The number of hydrogen-bond donors (Lipinski definition) is 1. The van der Waals surface area contributed by atoms with Gasteiger partial charge in [-0.15, -0.1) is 11.3 Å². The van der Waals surface area contributed by atoms with Gasteiger partial charge in [-0.3, -0.25) is 14.4 Å². The Hall–Kier alpha value is -4.01. The van der Waals surface area contributed by atoms with Crippen molar-refractivity contribution in [2.24, 2.45) is 0 Å². The number of hydrogen-bond acceptors (Lipinski definition) is 5. The largest absolute Gasteiger partial charge is 0.298 e. The SMILES string of the molecule is CN(c1ccccc1)S(=O)(=O)c1ccc(C(=O)Nc2nc(-c3cccc4ccccc34)cs2)cc1. The number of aromatic nitrogens is 1. The summed E-state index contributed by atoms with van der Waals surface area (Å²) in [7, 11) is -2.25. The first-order valence-electron chi connectivity index (χ1n) is 10.8. The van der Waals surface area contributed by atoms with Crippen molar-refractivity contribution in [1.29, 1.82) is 0 Å². The van der Waals surface area contributed by atoms with E-state index in [-0.39, 0.29) is 10.8 Å². The lowest BCUT2D eigenvalue weighted by Crippen LogP contribution is -2.26. The van der Waals surface area contributed by atoms with Crippen molar-refractivity contribution in [3.05, 3.63) is 108 Å². The van der Waals surface area contributed by atoms with E-state index in [1.807, 2.05) is 41.8 Å². The number of nitrogens with one attached hydrogen (secondary N) is 1. The maximum Gasteiger partial charge on any atom is 0.264 e. The van der Waals surface area contributed by atoms with Crippen LogP contribution in [-0.2, 0) is 10.0 Å². The molecule has 0 unspecified atom stereocenters. The average molecular weight is 500 g/mol. The highest BCUT2D eigenvalue weighted by Gasteiger charge is 2.21. The number of anilines is 2. The van der Waals surface area contributed by atoms with E-state index in [0.717, 1.165) is 22.0 Å². The summed E-state index contributed by atoms with van der Waals surface area (Å²) in [5, 5.41) is 7.41. The smallest absolute Gasteiger partial charge is 0.264 e. The van der Waals surface area contributed by atoms with Crippen LogP contribution < -0.4 is 9.62 Å². The predicted octanol–water partition coefficient (Wildman–Crippen LogP) is 6.04. The van der Waals surface area contributed by atoms with E-state index in [4.69, 9.17) is 0 Å². The van der Waals surface area contributed by atoms with Crippen LogP contribution in [-0.4, -0.2) is 26.4 Å². The van der Waals surface area contributed by atoms with Crippen molar-refractivity contribution in [2.75, 3.05) is 16.7 Å². The fourth-order valence-corrected chi connectivity index (χ4v) is 5.69. The molecule has 0 bridgehead atoms. The van der Waals surface area contributed by atoms with Crippen LogP contribution in [0, 0.1) is 0 Å². The van der Waals surface area contributed by atoms with E-state index in [1.165, 1.54) is 47.0 Å². The predicted molar refractivity (Wildman–Crippen MR) is 141 cm³/mol. The molecule has 0 aliphatic heterocycles. The number of carbonyl (C=O) groups excluding carboxylic acids is 1. The second-order valence-electron chi connectivity index (χ2n) is 7.85. The van der Waals surface area contributed by atoms with Crippen molar-refractivity contribution in [3.63, 3.8) is 0 Å². The Morgan fingerprint density at radius 2 is 1.54 bits per heavy atom. The Morgan fingerprint density at radius 1 is 0.857 bits per heavy atom. The number of fused-ring (bicyclic) bond motifs is 1. The summed E-state index contributed by atoms with van der Waals surface area (Å²) in [6.07, 6.45) is 0. The summed E-state index contributed by atoms with van der Waals surface area (Å²) in [6, 6.07) is 28.8. The highest BCUT2D eigenvalue weighted by atomic mass is 32.2. The molecule has 0 aliphatic rings. The van der Waals surface area contributed by atoms with Crippen molar-refractivity contribution < 1.29 is 13.2 Å². The van der Waals surface area contributed by atoms with E-state index in [0.29, 0.717) is 16.4 Å². The fraction of sp³-hybridized carbons (Fsp3) is 0.0370. The molecule has 4 aromatic carbocycles. The van der Waals surface area contributed by atoms with Crippen LogP contribution in [0.4, 0.5) is 10.8 Å². The normalized spacial score (nSPS) is 11.3. The number of rotatable bonds is 6. The Balaban J connectivity index is 1.33. The zero-order valence-corrected chi connectivity index (χ0v) is 20.4. The van der Waals surface area contributed by atoms with Crippen LogP contribution in [0.3, 0.4) is 0 Å². The first-order valence-corrected chi connectivity index (χ1v) is 13.1. The van der Waals surface area contributed by atoms with Crippen LogP contribution in [0.25, 0.3) is 22.0 Å². The topological polar surface area (TPSA) is 79.4 Å². The van der Waals surface area contributed by atoms with Crippen LogP contribution in [0.5, 0.6) is 0 Å². The van der Waals surface area contributed by atoms with Crippen molar-refractivity contribution in [2.45, 2.75) is 4.90 Å². The van der Waals surface area contributed by atoms with Crippen LogP contribution in [0.1, 0.15) is 10.4 Å². The average Bonchev–Trinajstić information content (AvgIpc) is 3.36. The summed E-state index contributed by atoms with van der Waals surface area (Å²) in [5.74, 6) is -0.357. The number of nitrogens with zero attached hydrogens (tertiary/aromatic N) is 2. The van der Waals surface area contributed by atoms with Gasteiger partial charge in [-0.25, -0.2) is 13.4 Å². The van der Waals surface area contributed by atoms with E-state index >= 15 is 0 Å². The van der Waals surface area contributed by atoms with Crippen molar-refractivity contribution in [1.82, 2.24) is 4.98 Å². The molecule has 5 aromatic rings. The first-order chi connectivity index (χ1) is 16.9. The minimum absolute atomic E-state index is 0.105. The highest BCUT2D eigenvalue weighted by Crippen LogP contribution is 2.31. The minimum atomic E-state index is -3.75. The Bertz CT molecular complexity index is 1610. The van der Waals surface area contributed by atoms with Crippen LogP contribution in [0.15, 0.2) is 107 Å². The third-order valence-electron chi connectivity index (χ3n) is 5.68. The molecule has 5 rings (SSSR count). The first kappa shape index (κ1) is 22.8. The molecule has 0 atom stereocenters. The molecule has 0 aliphatic carbocycles. The summed E-state index contributed by atoms with van der Waals surface area (Å²) in [6.45, 7) is 0. The van der Waals surface area contributed by atoms with Gasteiger partial charge in [-0.2, -0.15) is 0 Å². The van der Waals surface area contributed by atoms with Gasteiger partial charge in [-0.1, -0.05) is 60.7 Å². The highest BCUT2D eigenvalue weighted by molar-refractivity contribution is 7.92. The third-order valence-corrected chi connectivity index (χ3v) is 8.24. The molecule has 174 valence electrons. The van der Waals surface area contributed by atoms with Crippen molar-refractivity contribution >= 4 is 48.9 Å². The quantitative estimate of drug-likeness (QED) is 0.309. The molecule has 0 fully saturated rings. The zero-order chi connectivity index (χ0) is 24.4. The fourth-order valence-electron chi connectivity index (χ4n) is 3.79. The summed E-state index contributed by atoms with van der Waals surface area (Å²) in [5.41, 5.74) is 2.68. The molecular weight excluding hydrogens is 478 g/mol. The number of carbonyl (C=O) groups is 1. The molecule has 1 N–H and O–H groups in total. The summed E-state index contributed by atoms with van der Waals surface area (Å²) < 4.78 is 27.1. The van der Waals surface area contributed by atoms with Gasteiger partial charge >= 0.3 is 0 Å². The van der Waals surface area contributed by atoms with Gasteiger partial charge in [0.2, 0.25) is 0 Å². The molecule has 1 heterocycles. The number of para-hydroxylation sites is 1. The third kappa shape index (κ3) is 4.53. The van der Waals surface area contributed by atoms with Gasteiger partial charge in [0.25, 0.3) is 15.9 Å². The Labute approximate surface area is 207 Å². The summed E-state index contributed by atoms with van der Waals surface area (Å²) >= 11 is 1.34. The van der Waals surface area contributed by atoms with Crippen LogP contribution >= 0.6 is 11.3 Å². The van der Waals surface area contributed by atoms with E-state index in [9.17, 15) is 13.2 Å². The maximum atomic E-state index is 13.0. The molecule has 0 spiro atoms. The molecule has 1 amide bonds. The zero-order valence-electron chi connectivity index (χ0n) is 18.8. The van der Waals surface area contributed by atoms with Gasteiger partial charge in [0, 0.05) is 23.6 Å². The molecule has 6 nitrogen and oxygen atoms in total. The molecule has 8 heteroatoms. The minimum Gasteiger partial charge on any atom is -0.298 e. The van der Waals surface area contributed by atoms with Gasteiger partial charge in [-0.05, 0) is 47.2 Å². The molecule has 0 radical (unpaired) electrons. The Kier molecular flexibility index (Phi) is 6.07. The van der Waals surface area contributed by atoms with Crippen LogP contribution in [0.2, 0.25) is 0 Å².